The standard InChI is InChI=1S/C8H16N2O2.ClH/c1-2-12-4-3-10-8(11)7-5-9-6-7;/h7,9H,2-6H2,1H3,(H,10,11);1H. The van der Waals surface area contributed by atoms with Gasteiger partial charge in [-0.15, -0.1) is 12.4 Å². The maximum atomic E-state index is 11.2. The number of nitrogens with one attached hydrogen (secondary N) is 2. The topological polar surface area (TPSA) is 50.4 Å². The Bertz CT molecular complexity index is 151. The minimum atomic E-state index is 0. The van der Waals surface area contributed by atoms with Gasteiger partial charge in [-0.25, -0.2) is 0 Å². The highest BCUT2D eigenvalue weighted by molar-refractivity contribution is 5.85. The Hall–Kier alpha value is -0.320. The lowest BCUT2D eigenvalue weighted by atomic mass is 10.0. The zero-order valence-electron chi connectivity index (χ0n) is 7.84. The Morgan fingerprint density at radius 1 is 1.62 bits per heavy atom. The molecule has 1 rings (SSSR count). The molecular weight excluding hydrogens is 192 g/mol. The van der Waals surface area contributed by atoms with Crippen molar-refractivity contribution in [3.05, 3.63) is 0 Å². The van der Waals surface area contributed by atoms with Crippen molar-refractivity contribution in [2.24, 2.45) is 5.92 Å². The van der Waals surface area contributed by atoms with Crippen LogP contribution in [0.25, 0.3) is 0 Å². The molecule has 0 saturated carbocycles. The molecule has 0 aromatic heterocycles. The van der Waals surface area contributed by atoms with Gasteiger partial charge in [-0.2, -0.15) is 0 Å². The monoisotopic (exact) mass is 208 g/mol. The first kappa shape index (κ1) is 12.7. The van der Waals surface area contributed by atoms with Gasteiger partial charge < -0.3 is 15.4 Å². The molecule has 1 fully saturated rings. The van der Waals surface area contributed by atoms with Gasteiger partial charge in [-0.3, -0.25) is 4.79 Å². The molecule has 13 heavy (non-hydrogen) atoms. The molecule has 0 radical (unpaired) electrons. The van der Waals surface area contributed by atoms with Gasteiger partial charge in [-0.1, -0.05) is 0 Å². The molecular formula is C8H17ClN2O2. The Kier molecular flexibility index (Phi) is 6.94. The summed E-state index contributed by atoms with van der Waals surface area (Å²) in [5.41, 5.74) is 0. The van der Waals surface area contributed by atoms with Crippen LogP contribution in [0.2, 0.25) is 0 Å². The summed E-state index contributed by atoms with van der Waals surface area (Å²) in [5.74, 6) is 0.333. The number of rotatable bonds is 5. The Morgan fingerprint density at radius 2 is 2.31 bits per heavy atom. The zero-order valence-corrected chi connectivity index (χ0v) is 8.65. The van der Waals surface area contributed by atoms with Gasteiger partial charge in [0.1, 0.15) is 0 Å². The predicted molar refractivity (Wildman–Crippen MR) is 53.1 cm³/mol. The third-order valence-corrected chi connectivity index (χ3v) is 1.90. The number of hydrogen-bond donors (Lipinski definition) is 2. The molecule has 1 aliphatic heterocycles. The summed E-state index contributed by atoms with van der Waals surface area (Å²) in [6.45, 7) is 5.53. The number of carbonyl (C=O) groups is 1. The van der Waals surface area contributed by atoms with Crippen LogP contribution in [0.3, 0.4) is 0 Å². The highest BCUT2D eigenvalue weighted by atomic mass is 35.5. The Balaban J connectivity index is 0.00000144. The van der Waals surface area contributed by atoms with E-state index in [0.29, 0.717) is 19.8 Å². The van der Waals surface area contributed by atoms with Crippen LogP contribution < -0.4 is 10.6 Å². The lowest BCUT2D eigenvalue weighted by Gasteiger charge is -2.25. The van der Waals surface area contributed by atoms with Crippen LogP contribution in [0.1, 0.15) is 6.92 Å². The van der Waals surface area contributed by atoms with Crippen molar-refractivity contribution in [1.29, 1.82) is 0 Å². The summed E-state index contributed by atoms with van der Waals surface area (Å²) in [4.78, 5) is 11.2. The van der Waals surface area contributed by atoms with Gasteiger partial charge in [0, 0.05) is 26.2 Å². The van der Waals surface area contributed by atoms with Gasteiger partial charge in [-0.05, 0) is 6.92 Å². The minimum absolute atomic E-state index is 0. The van der Waals surface area contributed by atoms with Crippen LogP contribution in [0.5, 0.6) is 0 Å². The summed E-state index contributed by atoms with van der Waals surface area (Å²) >= 11 is 0. The largest absolute Gasteiger partial charge is 0.380 e. The summed E-state index contributed by atoms with van der Waals surface area (Å²) in [5, 5.41) is 5.87. The van der Waals surface area contributed by atoms with E-state index in [1.165, 1.54) is 0 Å². The van der Waals surface area contributed by atoms with Crippen molar-refractivity contribution in [3.8, 4) is 0 Å². The number of hydrogen-bond acceptors (Lipinski definition) is 3. The summed E-state index contributed by atoms with van der Waals surface area (Å²) in [6.07, 6.45) is 0. The molecule has 1 amide bonds. The molecule has 1 saturated heterocycles. The van der Waals surface area contributed by atoms with E-state index < -0.39 is 0 Å². The molecule has 1 heterocycles. The van der Waals surface area contributed by atoms with E-state index in [9.17, 15) is 4.79 Å². The molecule has 0 atom stereocenters. The summed E-state index contributed by atoms with van der Waals surface area (Å²) in [6, 6.07) is 0. The van der Waals surface area contributed by atoms with Crippen molar-refractivity contribution in [3.63, 3.8) is 0 Å². The summed E-state index contributed by atoms with van der Waals surface area (Å²) in [7, 11) is 0. The van der Waals surface area contributed by atoms with Crippen LogP contribution in [-0.4, -0.2) is 38.8 Å². The van der Waals surface area contributed by atoms with Crippen LogP contribution >= 0.6 is 12.4 Å². The Labute approximate surface area is 84.8 Å². The average Bonchev–Trinajstić information content (AvgIpc) is 1.95. The van der Waals surface area contributed by atoms with Crippen LogP contribution in [0.4, 0.5) is 0 Å². The van der Waals surface area contributed by atoms with E-state index >= 15 is 0 Å². The summed E-state index contributed by atoms with van der Waals surface area (Å²) < 4.78 is 5.08. The highest BCUT2D eigenvalue weighted by Crippen LogP contribution is 2.01. The smallest absolute Gasteiger partial charge is 0.225 e. The maximum Gasteiger partial charge on any atom is 0.225 e. The molecule has 0 unspecified atom stereocenters. The van der Waals surface area contributed by atoms with Gasteiger partial charge >= 0.3 is 0 Å². The molecule has 78 valence electrons. The van der Waals surface area contributed by atoms with E-state index in [0.717, 1.165) is 13.1 Å². The first-order valence-corrected chi connectivity index (χ1v) is 4.40. The molecule has 5 heteroatoms. The van der Waals surface area contributed by atoms with Crippen LogP contribution in [0, 0.1) is 5.92 Å². The molecule has 2 N–H and O–H groups in total. The van der Waals surface area contributed by atoms with E-state index in [4.69, 9.17) is 4.74 Å². The first-order chi connectivity index (χ1) is 5.84. The van der Waals surface area contributed by atoms with Crippen molar-refractivity contribution in [2.45, 2.75) is 6.92 Å². The quantitative estimate of drug-likeness (QED) is 0.615. The average molecular weight is 209 g/mol. The second kappa shape index (κ2) is 7.12. The second-order valence-corrected chi connectivity index (χ2v) is 2.84. The van der Waals surface area contributed by atoms with Crippen molar-refractivity contribution in [2.75, 3.05) is 32.8 Å². The van der Waals surface area contributed by atoms with E-state index in [1.54, 1.807) is 0 Å². The number of halogens is 1. The van der Waals surface area contributed by atoms with Crippen LogP contribution in [-0.2, 0) is 9.53 Å². The molecule has 0 aromatic carbocycles. The minimum Gasteiger partial charge on any atom is -0.380 e. The fraction of sp³-hybridized carbons (Fsp3) is 0.875. The third-order valence-electron chi connectivity index (χ3n) is 1.90. The zero-order chi connectivity index (χ0) is 8.81. The molecule has 0 aliphatic carbocycles. The number of ether oxygens (including phenoxy) is 1. The fourth-order valence-corrected chi connectivity index (χ4v) is 1.01. The van der Waals surface area contributed by atoms with E-state index in [2.05, 4.69) is 10.6 Å². The third kappa shape index (κ3) is 4.45. The van der Waals surface area contributed by atoms with Gasteiger partial charge in [0.15, 0.2) is 0 Å². The highest BCUT2D eigenvalue weighted by Gasteiger charge is 2.23. The Morgan fingerprint density at radius 3 is 2.77 bits per heavy atom. The van der Waals surface area contributed by atoms with Gasteiger partial charge in [0.05, 0.1) is 12.5 Å². The van der Waals surface area contributed by atoms with Crippen molar-refractivity contribution < 1.29 is 9.53 Å². The lowest BCUT2D eigenvalue weighted by molar-refractivity contribution is -0.126. The first-order valence-electron chi connectivity index (χ1n) is 4.40. The second-order valence-electron chi connectivity index (χ2n) is 2.84. The van der Waals surface area contributed by atoms with Crippen molar-refractivity contribution in [1.82, 2.24) is 10.6 Å². The number of carbonyl (C=O) groups excluding carboxylic acids is 1. The molecule has 0 spiro atoms. The molecule has 1 aliphatic rings. The maximum absolute atomic E-state index is 11.2. The SMILES string of the molecule is CCOCCNC(=O)C1CNC1.Cl. The van der Waals surface area contributed by atoms with E-state index in [1.807, 2.05) is 6.92 Å². The van der Waals surface area contributed by atoms with Gasteiger partial charge in [0.25, 0.3) is 0 Å². The van der Waals surface area contributed by atoms with Crippen molar-refractivity contribution >= 4 is 18.3 Å². The molecule has 0 aromatic rings. The molecule has 4 nitrogen and oxygen atoms in total. The lowest BCUT2D eigenvalue weighted by Crippen LogP contribution is -2.51. The normalized spacial score (nSPS) is 15.8. The van der Waals surface area contributed by atoms with Gasteiger partial charge in [0.2, 0.25) is 5.91 Å². The van der Waals surface area contributed by atoms with Crippen LogP contribution in [0.15, 0.2) is 0 Å². The van der Waals surface area contributed by atoms with E-state index in [-0.39, 0.29) is 24.2 Å². The number of amides is 1. The fourth-order valence-electron chi connectivity index (χ4n) is 1.01. The predicted octanol–water partition coefficient (Wildman–Crippen LogP) is -0.220. The molecule has 0 bridgehead atoms.